The Balaban J connectivity index is 1.80. The number of carbonyl (C=O) groups excluding carboxylic acids is 3. The van der Waals surface area contributed by atoms with Crippen molar-refractivity contribution in [2.24, 2.45) is 7.05 Å². The lowest BCUT2D eigenvalue weighted by atomic mass is 10.1. The lowest BCUT2D eigenvalue weighted by molar-refractivity contribution is -0.128. The number of hydrogen-bond donors (Lipinski definition) is 3. The summed E-state index contributed by atoms with van der Waals surface area (Å²) in [6, 6.07) is 8.77. The molecule has 0 bridgehead atoms. The summed E-state index contributed by atoms with van der Waals surface area (Å²) in [7, 11) is 1.68. The molecule has 0 saturated heterocycles. The summed E-state index contributed by atoms with van der Waals surface area (Å²) in [4.78, 5) is 35.5. The average Bonchev–Trinajstić information content (AvgIpc) is 2.98. The van der Waals surface area contributed by atoms with Gasteiger partial charge in [0.25, 0.3) is 5.91 Å². The van der Waals surface area contributed by atoms with Gasteiger partial charge in [0.05, 0.1) is 5.02 Å². The van der Waals surface area contributed by atoms with Gasteiger partial charge in [-0.05, 0) is 30.0 Å². The van der Waals surface area contributed by atoms with E-state index < -0.39 is 6.04 Å². The van der Waals surface area contributed by atoms with Crippen LogP contribution in [0.3, 0.4) is 0 Å². The van der Waals surface area contributed by atoms with Crippen molar-refractivity contribution in [2.45, 2.75) is 39.3 Å². The minimum absolute atomic E-state index is 0.208. The van der Waals surface area contributed by atoms with Crippen LogP contribution in [-0.2, 0) is 29.6 Å². The van der Waals surface area contributed by atoms with Crippen molar-refractivity contribution in [1.82, 2.24) is 20.5 Å². The molecule has 0 radical (unpaired) electrons. The van der Waals surface area contributed by atoms with Crippen LogP contribution in [0.5, 0.6) is 0 Å². The topological polar surface area (TPSA) is 92.2 Å². The van der Waals surface area contributed by atoms with Crippen LogP contribution in [0.15, 0.2) is 30.3 Å². The Hall–Kier alpha value is -2.51. The van der Waals surface area contributed by atoms with Gasteiger partial charge in [0, 0.05) is 27.1 Å². The van der Waals surface area contributed by atoms with E-state index in [4.69, 9.17) is 23.2 Å². The van der Waals surface area contributed by atoms with E-state index in [0.717, 1.165) is 11.1 Å². The fourth-order valence-corrected chi connectivity index (χ4v) is 3.28. The highest BCUT2D eigenvalue weighted by Crippen LogP contribution is 2.24. The maximum atomic E-state index is 12.3. The molecule has 1 atom stereocenters. The zero-order valence-corrected chi connectivity index (χ0v) is 18.7. The Labute approximate surface area is 186 Å². The van der Waals surface area contributed by atoms with Gasteiger partial charge in [-0.3, -0.25) is 14.4 Å². The molecule has 9 heteroatoms. The molecular formula is C21H26Cl2N4O3. The van der Waals surface area contributed by atoms with Gasteiger partial charge < -0.3 is 20.5 Å². The first kappa shape index (κ1) is 23.8. The van der Waals surface area contributed by atoms with Crippen LogP contribution in [0, 0.1) is 0 Å². The Bertz CT molecular complexity index is 910. The van der Waals surface area contributed by atoms with Gasteiger partial charge in [-0.1, -0.05) is 54.4 Å². The first-order valence-electron chi connectivity index (χ1n) is 9.64. The lowest BCUT2D eigenvalue weighted by Gasteiger charge is -2.15. The van der Waals surface area contributed by atoms with E-state index in [1.54, 1.807) is 7.05 Å². The molecule has 0 aliphatic heterocycles. The van der Waals surface area contributed by atoms with Gasteiger partial charge in [-0.15, -0.1) is 0 Å². The second kappa shape index (κ2) is 11.0. The largest absolute Gasteiger partial charge is 0.350 e. The van der Waals surface area contributed by atoms with Gasteiger partial charge >= 0.3 is 0 Å². The fourth-order valence-electron chi connectivity index (χ4n) is 2.91. The van der Waals surface area contributed by atoms with E-state index in [1.165, 1.54) is 17.6 Å². The minimum atomic E-state index is -0.528. The summed E-state index contributed by atoms with van der Waals surface area (Å²) in [6.07, 6.45) is 1.18. The van der Waals surface area contributed by atoms with Crippen molar-refractivity contribution in [3.05, 3.63) is 57.3 Å². The van der Waals surface area contributed by atoms with E-state index >= 15 is 0 Å². The van der Waals surface area contributed by atoms with Crippen molar-refractivity contribution < 1.29 is 14.4 Å². The normalized spacial score (nSPS) is 11.6. The quantitative estimate of drug-likeness (QED) is 0.545. The fraction of sp³-hybridized carbons (Fsp3) is 0.381. The predicted octanol–water partition coefficient (Wildman–Crippen LogP) is 2.84. The molecular weight excluding hydrogens is 427 g/mol. The zero-order valence-electron chi connectivity index (χ0n) is 17.2. The number of benzene rings is 1. The first-order valence-corrected chi connectivity index (χ1v) is 10.4. The number of carbonyl (C=O) groups is 3. The van der Waals surface area contributed by atoms with E-state index in [2.05, 4.69) is 16.0 Å². The summed E-state index contributed by atoms with van der Waals surface area (Å²) in [5.41, 5.74) is 2.40. The molecule has 7 nitrogen and oxygen atoms in total. The van der Waals surface area contributed by atoms with Gasteiger partial charge in [-0.25, -0.2) is 0 Å². The van der Waals surface area contributed by atoms with Crippen LogP contribution in [0.25, 0.3) is 0 Å². The SMILES string of the molecule is CCC(NC(C)=O)C(=O)NCc1ccc(CCNC(=O)c2cc(Cl)c(Cl)n2C)cc1. The van der Waals surface area contributed by atoms with Crippen molar-refractivity contribution in [2.75, 3.05) is 6.54 Å². The van der Waals surface area contributed by atoms with E-state index in [0.29, 0.717) is 41.8 Å². The molecule has 1 aromatic heterocycles. The molecule has 1 aromatic carbocycles. The van der Waals surface area contributed by atoms with E-state index in [9.17, 15) is 14.4 Å². The van der Waals surface area contributed by atoms with Crippen LogP contribution < -0.4 is 16.0 Å². The molecule has 0 aliphatic carbocycles. The molecule has 3 N–H and O–H groups in total. The number of aromatic nitrogens is 1. The van der Waals surface area contributed by atoms with Crippen LogP contribution >= 0.6 is 23.2 Å². The van der Waals surface area contributed by atoms with Crippen LogP contribution in [0.1, 0.15) is 41.9 Å². The monoisotopic (exact) mass is 452 g/mol. The van der Waals surface area contributed by atoms with Crippen LogP contribution in [-0.4, -0.2) is 34.9 Å². The lowest BCUT2D eigenvalue weighted by Crippen LogP contribution is -2.45. The number of rotatable bonds is 9. The molecule has 3 amide bonds. The van der Waals surface area contributed by atoms with Crippen molar-refractivity contribution >= 4 is 40.9 Å². The highest BCUT2D eigenvalue weighted by atomic mass is 35.5. The third-order valence-electron chi connectivity index (χ3n) is 4.64. The predicted molar refractivity (Wildman–Crippen MR) is 118 cm³/mol. The standard InChI is InChI=1S/C21H26Cl2N4O3/c1-4-17(26-13(2)28)20(29)25-12-15-7-5-14(6-8-15)9-10-24-21(30)18-11-16(22)19(23)27(18)3/h5-8,11,17H,4,9-10,12H2,1-3H3,(H,24,30)(H,25,29)(H,26,28). The third kappa shape index (κ3) is 6.50. The maximum Gasteiger partial charge on any atom is 0.268 e. The number of hydrogen-bond acceptors (Lipinski definition) is 3. The Morgan fingerprint density at radius 2 is 1.70 bits per heavy atom. The Morgan fingerprint density at radius 1 is 1.07 bits per heavy atom. The average molecular weight is 453 g/mol. The number of amides is 3. The maximum absolute atomic E-state index is 12.3. The number of nitrogens with one attached hydrogen (secondary N) is 3. The molecule has 1 heterocycles. The van der Waals surface area contributed by atoms with Crippen LogP contribution in [0.2, 0.25) is 10.2 Å². The Morgan fingerprint density at radius 3 is 2.23 bits per heavy atom. The van der Waals surface area contributed by atoms with Crippen molar-refractivity contribution in [1.29, 1.82) is 0 Å². The van der Waals surface area contributed by atoms with Crippen molar-refractivity contribution in [3.8, 4) is 0 Å². The molecule has 1 unspecified atom stereocenters. The summed E-state index contributed by atoms with van der Waals surface area (Å²) >= 11 is 11.9. The third-order valence-corrected chi connectivity index (χ3v) is 5.48. The highest BCUT2D eigenvalue weighted by molar-refractivity contribution is 6.41. The molecule has 2 aromatic rings. The van der Waals surface area contributed by atoms with Crippen molar-refractivity contribution in [3.63, 3.8) is 0 Å². The molecule has 0 saturated carbocycles. The van der Waals surface area contributed by atoms with Gasteiger partial charge in [0.1, 0.15) is 16.9 Å². The minimum Gasteiger partial charge on any atom is -0.350 e. The number of halogens is 2. The summed E-state index contributed by atoms with van der Waals surface area (Å²) in [6.45, 7) is 4.07. The molecule has 2 rings (SSSR count). The van der Waals surface area contributed by atoms with Crippen LogP contribution in [0.4, 0.5) is 0 Å². The van der Waals surface area contributed by atoms with E-state index in [1.807, 2.05) is 31.2 Å². The Kier molecular flexibility index (Phi) is 8.74. The summed E-state index contributed by atoms with van der Waals surface area (Å²) < 4.78 is 1.54. The van der Waals surface area contributed by atoms with Gasteiger partial charge in [0.15, 0.2) is 0 Å². The smallest absolute Gasteiger partial charge is 0.268 e. The molecule has 0 spiro atoms. The van der Waals surface area contributed by atoms with Gasteiger partial charge in [-0.2, -0.15) is 0 Å². The second-order valence-corrected chi connectivity index (χ2v) is 7.69. The molecule has 0 aliphatic rings. The highest BCUT2D eigenvalue weighted by Gasteiger charge is 2.17. The zero-order chi connectivity index (χ0) is 22.3. The second-order valence-electron chi connectivity index (χ2n) is 6.93. The first-order chi connectivity index (χ1) is 14.2. The molecule has 162 valence electrons. The van der Waals surface area contributed by atoms with Gasteiger partial charge in [0.2, 0.25) is 11.8 Å². The molecule has 30 heavy (non-hydrogen) atoms. The molecule has 0 fully saturated rings. The summed E-state index contributed by atoms with van der Waals surface area (Å²) in [5.74, 6) is -0.678. The van der Waals surface area contributed by atoms with E-state index in [-0.39, 0.29) is 17.7 Å². The summed E-state index contributed by atoms with van der Waals surface area (Å²) in [5, 5.41) is 8.97. The number of nitrogens with zero attached hydrogens (tertiary/aromatic N) is 1.